The zero-order chi connectivity index (χ0) is 22.5. The van der Waals surface area contributed by atoms with Gasteiger partial charge in [0.25, 0.3) is 0 Å². The third kappa shape index (κ3) is 5.02. The molecule has 0 atom stereocenters. The summed E-state index contributed by atoms with van der Waals surface area (Å²) in [5.74, 6) is 0.947. The molecule has 0 saturated heterocycles. The highest BCUT2D eigenvalue weighted by atomic mass is 35.5. The molecule has 0 bridgehead atoms. The second-order valence-corrected chi connectivity index (χ2v) is 8.04. The largest absolute Gasteiger partial charge is 0.482 e. The van der Waals surface area contributed by atoms with Crippen LogP contribution in [0.2, 0.25) is 10.0 Å². The van der Waals surface area contributed by atoms with E-state index in [1.807, 2.05) is 17.5 Å². The molecule has 6 nitrogen and oxygen atoms in total. The van der Waals surface area contributed by atoms with E-state index in [0.717, 1.165) is 24.4 Å². The summed E-state index contributed by atoms with van der Waals surface area (Å²) in [5.41, 5.74) is 1.69. The first kappa shape index (κ1) is 23.1. The van der Waals surface area contributed by atoms with Crippen LogP contribution in [0.15, 0.2) is 36.5 Å². The molecule has 0 N–H and O–H groups in total. The highest BCUT2D eigenvalue weighted by Crippen LogP contribution is 2.29. The Kier molecular flexibility index (Phi) is 7.57. The van der Waals surface area contributed by atoms with Crippen molar-refractivity contribution in [3.8, 4) is 5.75 Å². The van der Waals surface area contributed by atoms with E-state index in [-0.39, 0.29) is 23.3 Å². The molecule has 8 heteroatoms. The van der Waals surface area contributed by atoms with Crippen molar-refractivity contribution in [1.29, 1.82) is 0 Å². The molecule has 0 aliphatic heterocycles. The number of Topliss-reactive ketones (excluding diaryl/α,β-unsaturated/α-hetero) is 1. The number of ketones is 1. The minimum Gasteiger partial charge on any atom is -0.482 e. The Morgan fingerprint density at radius 1 is 1.19 bits per heavy atom. The van der Waals surface area contributed by atoms with Gasteiger partial charge in [0.05, 0.1) is 10.7 Å². The lowest BCUT2D eigenvalue weighted by Gasteiger charge is -2.18. The number of nitrogens with zero attached hydrogens (tertiary/aromatic N) is 3. The lowest BCUT2D eigenvalue weighted by molar-refractivity contribution is -0.118. The number of halogens is 2. The highest BCUT2D eigenvalue weighted by Gasteiger charge is 2.22. The van der Waals surface area contributed by atoms with Gasteiger partial charge in [-0.15, -0.1) is 0 Å². The van der Waals surface area contributed by atoms with Gasteiger partial charge in [0.15, 0.2) is 18.0 Å². The molecule has 2 heterocycles. The van der Waals surface area contributed by atoms with Gasteiger partial charge in [0.2, 0.25) is 11.7 Å². The van der Waals surface area contributed by atoms with Crippen LogP contribution in [-0.2, 0) is 11.2 Å². The van der Waals surface area contributed by atoms with E-state index in [9.17, 15) is 9.59 Å². The van der Waals surface area contributed by atoms with Crippen LogP contribution in [-0.4, -0.2) is 34.7 Å². The third-order valence-electron chi connectivity index (χ3n) is 5.02. The number of hydrogen-bond donors (Lipinski definition) is 0. The molecule has 0 unspecified atom stereocenters. The van der Waals surface area contributed by atoms with Gasteiger partial charge in [-0.3, -0.25) is 18.9 Å². The van der Waals surface area contributed by atoms with Crippen LogP contribution in [0.1, 0.15) is 49.2 Å². The topological polar surface area (TPSA) is 63.9 Å². The second-order valence-electron chi connectivity index (χ2n) is 7.19. The molecule has 0 spiro atoms. The molecule has 0 radical (unpaired) electrons. The number of ether oxygens (including phenoxy) is 1. The lowest BCUT2D eigenvalue weighted by atomic mass is 10.1. The normalized spacial score (nSPS) is 11.0. The lowest BCUT2D eigenvalue weighted by Crippen LogP contribution is -2.28. The standard InChI is InChI=1S/C23H25Cl2N3O3/c1-4-6-9-21(30)27(3)23-18(5-2)26-22-20(8-7-12-28(22)23)31-14-19(29)16-11-10-15(24)13-17(16)25/h7-8,10-13H,4-6,9,14H2,1-3H3. The molecule has 1 aromatic carbocycles. The van der Waals surface area contributed by atoms with E-state index in [4.69, 9.17) is 27.9 Å². The van der Waals surface area contributed by atoms with E-state index < -0.39 is 0 Å². The quantitative estimate of drug-likeness (QED) is 0.388. The minimum atomic E-state index is -0.266. The number of carbonyl (C=O) groups excluding carboxylic acids is 2. The summed E-state index contributed by atoms with van der Waals surface area (Å²) in [6.45, 7) is 3.85. The van der Waals surface area contributed by atoms with Crippen molar-refractivity contribution in [2.45, 2.75) is 39.5 Å². The van der Waals surface area contributed by atoms with Crippen LogP contribution in [0.5, 0.6) is 5.75 Å². The van der Waals surface area contributed by atoms with Gasteiger partial charge < -0.3 is 4.74 Å². The number of aromatic nitrogens is 2. The summed E-state index contributed by atoms with van der Waals surface area (Å²) in [7, 11) is 1.76. The number of unbranched alkanes of at least 4 members (excludes halogenated alkanes) is 1. The van der Waals surface area contributed by atoms with Gasteiger partial charge in [-0.25, -0.2) is 4.98 Å². The van der Waals surface area contributed by atoms with Crippen molar-refractivity contribution in [2.24, 2.45) is 0 Å². The number of rotatable bonds is 9. The number of imidazole rings is 1. The maximum atomic E-state index is 12.6. The first-order valence-electron chi connectivity index (χ1n) is 10.2. The monoisotopic (exact) mass is 461 g/mol. The van der Waals surface area contributed by atoms with E-state index >= 15 is 0 Å². The maximum Gasteiger partial charge on any atom is 0.227 e. The van der Waals surface area contributed by atoms with Crippen molar-refractivity contribution in [3.63, 3.8) is 0 Å². The number of hydrogen-bond acceptors (Lipinski definition) is 4. The SMILES string of the molecule is CCCCC(=O)N(C)c1c(CC)nc2c(OCC(=O)c3ccc(Cl)cc3Cl)cccn12. The number of fused-ring (bicyclic) bond motifs is 1. The van der Waals surface area contributed by atoms with Crippen LogP contribution in [0, 0.1) is 0 Å². The summed E-state index contributed by atoms with van der Waals surface area (Å²) in [6, 6.07) is 8.27. The average molecular weight is 462 g/mol. The molecular formula is C23H25Cl2N3O3. The van der Waals surface area contributed by atoms with E-state index in [2.05, 4.69) is 11.9 Å². The molecule has 164 valence electrons. The number of anilines is 1. The number of pyridine rings is 1. The van der Waals surface area contributed by atoms with Crippen molar-refractivity contribution in [2.75, 3.05) is 18.6 Å². The zero-order valence-corrected chi connectivity index (χ0v) is 19.3. The minimum absolute atomic E-state index is 0.0391. The van der Waals surface area contributed by atoms with Crippen LogP contribution < -0.4 is 9.64 Å². The third-order valence-corrected chi connectivity index (χ3v) is 5.57. The van der Waals surface area contributed by atoms with Gasteiger partial charge in [-0.2, -0.15) is 0 Å². The summed E-state index contributed by atoms with van der Waals surface area (Å²) in [4.78, 5) is 31.5. The zero-order valence-electron chi connectivity index (χ0n) is 17.8. The molecule has 0 aliphatic rings. The van der Waals surface area contributed by atoms with Gasteiger partial charge >= 0.3 is 0 Å². The Morgan fingerprint density at radius 3 is 2.65 bits per heavy atom. The molecular weight excluding hydrogens is 437 g/mol. The Morgan fingerprint density at radius 2 is 1.97 bits per heavy atom. The van der Waals surface area contributed by atoms with Crippen LogP contribution in [0.25, 0.3) is 5.65 Å². The van der Waals surface area contributed by atoms with Gasteiger partial charge in [0, 0.05) is 30.3 Å². The average Bonchev–Trinajstić information content (AvgIpc) is 3.14. The van der Waals surface area contributed by atoms with Gasteiger partial charge in [0.1, 0.15) is 5.82 Å². The van der Waals surface area contributed by atoms with Gasteiger partial charge in [-0.05, 0) is 43.2 Å². The number of aryl methyl sites for hydroxylation is 1. The van der Waals surface area contributed by atoms with E-state index in [0.29, 0.717) is 34.8 Å². The van der Waals surface area contributed by atoms with Crippen molar-refractivity contribution in [3.05, 3.63) is 57.8 Å². The van der Waals surface area contributed by atoms with Crippen molar-refractivity contribution in [1.82, 2.24) is 9.38 Å². The maximum absolute atomic E-state index is 12.6. The molecule has 1 amide bonds. The Balaban J connectivity index is 1.88. The number of amides is 1. The molecule has 0 saturated carbocycles. The summed E-state index contributed by atoms with van der Waals surface area (Å²) in [5, 5.41) is 0.741. The van der Waals surface area contributed by atoms with Crippen molar-refractivity contribution < 1.29 is 14.3 Å². The highest BCUT2D eigenvalue weighted by molar-refractivity contribution is 6.36. The van der Waals surface area contributed by atoms with Crippen LogP contribution in [0.4, 0.5) is 5.82 Å². The summed E-state index contributed by atoms with van der Waals surface area (Å²) < 4.78 is 7.64. The molecule has 0 fully saturated rings. The van der Waals surface area contributed by atoms with E-state index in [1.54, 1.807) is 36.2 Å². The Bertz CT molecular complexity index is 1110. The van der Waals surface area contributed by atoms with Crippen LogP contribution >= 0.6 is 23.2 Å². The predicted octanol–water partition coefficient (Wildman–Crippen LogP) is 5.62. The fraction of sp³-hybridized carbons (Fsp3) is 0.348. The Labute approximate surface area is 191 Å². The van der Waals surface area contributed by atoms with Crippen LogP contribution in [0.3, 0.4) is 0 Å². The fourth-order valence-electron chi connectivity index (χ4n) is 3.33. The fourth-order valence-corrected chi connectivity index (χ4v) is 3.85. The smallest absolute Gasteiger partial charge is 0.227 e. The second kappa shape index (κ2) is 10.2. The molecule has 3 rings (SSSR count). The summed E-state index contributed by atoms with van der Waals surface area (Å²) in [6.07, 6.45) is 4.77. The number of benzene rings is 1. The van der Waals surface area contributed by atoms with Crippen molar-refractivity contribution >= 4 is 46.4 Å². The molecule has 0 aliphatic carbocycles. The molecule has 31 heavy (non-hydrogen) atoms. The Hall–Kier alpha value is -2.57. The van der Waals surface area contributed by atoms with E-state index in [1.165, 1.54) is 6.07 Å². The molecule has 3 aromatic rings. The predicted molar refractivity (Wildman–Crippen MR) is 124 cm³/mol. The summed E-state index contributed by atoms with van der Waals surface area (Å²) >= 11 is 12.0. The van der Waals surface area contributed by atoms with Gasteiger partial charge in [-0.1, -0.05) is 43.5 Å². The first-order valence-corrected chi connectivity index (χ1v) is 11.0. The first-order chi connectivity index (χ1) is 14.9. The molecule has 2 aromatic heterocycles. The number of carbonyl (C=O) groups is 2.